The number of nitrogens with one attached hydrogen (secondary N) is 1. The number of benzene rings is 1. The van der Waals surface area contributed by atoms with Gasteiger partial charge in [0.1, 0.15) is 0 Å². The number of esters is 1. The predicted molar refractivity (Wildman–Crippen MR) is 94.0 cm³/mol. The highest BCUT2D eigenvalue weighted by atomic mass is 32.2. The summed E-state index contributed by atoms with van der Waals surface area (Å²) in [6.45, 7) is 1.26. The van der Waals surface area contributed by atoms with Crippen LogP contribution in [0.5, 0.6) is 0 Å². The molecule has 1 aromatic carbocycles. The average Bonchev–Trinajstić information content (AvgIpc) is 2.90. The zero-order valence-electron chi connectivity index (χ0n) is 14.3. The third kappa shape index (κ3) is 6.10. The minimum Gasteiger partial charge on any atom is -0.456 e. The highest BCUT2D eigenvalue weighted by Gasteiger charge is 2.29. The topological polar surface area (TPSA) is 124 Å². The molecule has 0 radical (unpaired) electrons. The Hall–Kier alpha value is -1.94. The lowest BCUT2D eigenvalue weighted by molar-refractivity contribution is -0.148. The van der Waals surface area contributed by atoms with Crippen LogP contribution in [0.15, 0.2) is 29.2 Å². The molecule has 8 nitrogen and oxygen atoms in total. The van der Waals surface area contributed by atoms with Crippen molar-refractivity contribution in [3.8, 4) is 0 Å². The van der Waals surface area contributed by atoms with E-state index >= 15 is 0 Å². The van der Waals surface area contributed by atoms with Crippen molar-refractivity contribution in [2.24, 2.45) is 0 Å². The molecule has 0 spiro atoms. The summed E-state index contributed by atoms with van der Waals surface area (Å²) in [6, 6.07) is 5.79. The molecule has 0 unspecified atom stereocenters. The molecule has 1 aliphatic heterocycles. The van der Waals surface area contributed by atoms with Crippen molar-refractivity contribution in [2.45, 2.75) is 30.7 Å². The van der Waals surface area contributed by atoms with E-state index in [9.17, 15) is 26.4 Å². The molecule has 26 heavy (non-hydrogen) atoms. The van der Waals surface area contributed by atoms with E-state index in [0.29, 0.717) is 6.42 Å². The van der Waals surface area contributed by atoms with Crippen LogP contribution in [0, 0.1) is 6.92 Å². The number of hydrogen-bond donors (Lipinski definition) is 1. The molecule has 144 valence electrons. The Morgan fingerprint density at radius 1 is 1.23 bits per heavy atom. The zero-order chi connectivity index (χ0) is 19.4. The molecule has 1 fully saturated rings. The van der Waals surface area contributed by atoms with E-state index in [2.05, 4.69) is 5.32 Å². The lowest BCUT2D eigenvalue weighted by atomic mass is 10.2. The molecule has 0 saturated carbocycles. The Bertz CT molecular complexity index is 874. The number of hydrogen-bond acceptors (Lipinski definition) is 7. The summed E-state index contributed by atoms with van der Waals surface area (Å²) in [6.07, 6.45) is -0.0435. The second-order valence-electron chi connectivity index (χ2n) is 6.21. The maximum Gasteiger partial charge on any atom is 0.307 e. The second kappa shape index (κ2) is 8.17. The smallest absolute Gasteiger partial charge is 0.307 e. The molecule has 0 aromatic heterocycles. The highest BCUT2D eigenvalue weighted by molar-refractivity contribution is 7.91. The Kier molecular flexibility index (Phi) is 6.40. The van der Waals surface area contributed by atoms with Crippen LogP contribution in [0.4, 0.5) is 0 Å². The number of sulfone groups is 2. The van der Waals surface area contributed by atoms with Gasteiger partial charge in [0.2, 0.25) is 0 Å². The molecule has 2 rings (SSSR count). The summed E-state index contributed by atoms with van der Waals surface area (Å²) in [5.41, 5.74) is 0.921. The van der Waals surface area contributed by atoms with E-state index in [4.69, 9.17) is 4.74 Å². The molecule has 1 aromatic rings. The zero-order valence-corrected chi connectivity index (χ0v) is 15.9. The summed E-state index contributed by atoms with van der Waals surface area (Å²) in [5.74, 6) is -1.94. The van der Waals surface area contributed by atoms with Crippen LogP contribution < -0.4 is 5.32 Å². The molecule has 0 bridgehead atoms. The fourth-order valence-corrected chi connectivity index (χ4v) is 5.37. The first-order valence-corrected chi connectivity index (χ1v) is 11.5. The Morgan fingerprint density at radius 2 is 1.88 bits per heavy atom. The van der Waals surface area contributed by atoms with E-state index in [1.165, 1.54) is 12.1 Å². The maximum atomic E-state index is 12.1. The number of ether oxygens (including phenoxy) is 1. The van der Waals surface area contributed by atoms with Gasteiger partial charge in [0.15, 0.2) is 26.3 Å². The molecule has 10 heteroatoms. The molecule has 1 amide bonds. The third-order valence-corrected chi connectivity index (χ3v) is 7.42. The Balaban J connectivity index is 1.75. The van der Waals surface area contributed by atoms with Crippen molar-refractivity contribution in [3.63, 3.8) is 0 Å². The second-order valence-corrected chi connectivity index (χ2v) is 10.5. The van der Waals surface area contributed by atoms with Crippen LogP contribution in [0.25, 0.3) is 0 Å². The molecular formula is C16H21NO7S2. The van der Waals surface area contributed by atoms with Crippen LogP contribution in [0.1, 0.15) is 18.4 Å². The number of amides is 1. The summed E-state index contributed by atoms with van der Waals surface area (Å²) in [5, 5.41) is 2.48. The summed E-state index contributed by atoms with van der Waals surface area (Å²) < 4.78 is 51.6. The number of carbonyl (C=O) groups excluding carboxylic acids is 2. The number of aryl methyl sites for hydroxylation is 1. The normalized spacial score (nSPS) is 19.0. The first-order valence-electron chi connectivity index (χ1n) is 8.02. The van der Waals surface area contributed by atoms with Crippen molar-refractivity contribution >= 4 is 31.6 Å². The molecule has 1 saturated heterocycles. The van der Waals surface area contributed by atoms with Crippen molar-refractivity contribution in [1.82, 2.24) is 5.32 Å². The molecule has 0 aliphatic carbocycles. The highest BCUT2D eigenvalue weighted by Crippen LogP contribution is 2.13. The minimum absolute atomic E-state index is 0.0224. The van der Waals surface area contributed by atoms with Crippen LogP contribution in [-0.4, -0.2) is 58.6 Å². The summed E-state index contributed by atoms with van der Waals surface area (Å²) in [7, 11) is -6.73. The van der Waals surface area contributed by atoms with Gasteiger partial charge in [-0.1, -0.05) is 17.7 Å². The molecular weight excluding hydrogens is 382 g/mol. The van der Waals surface area contributed by atoms with Gasteiger partial charge in [-0.15, -0.1) is 0 Å². The fraction of sp³-hybridized carbons (Fsp3) is 0.500. The van der Waals surface area contributed by atoms with E-state index in [-0.39, 0.29) is 22.8 Å². The third-order valence-electron chi connectivity index (χ3n) is 3.92. The van der Waals surface area contributed by atoms with Gasteiger partial charge in [-0.05, 0) is 25.5 Å². The molecule has 1 aliphatic rings. The number of rotatable bonds is 7. The van der Waals surface area contributed by atoms with Gasteiger partial charge in [-0.3, -0.25) is 9.59 Å². The first-order chi connectivity index (χ1) is 12.1. The quantitative estimate of drug-likeness (QED) is 0.636. The van der Waals surface area contributed by atoms with Gasteiger partial charge >= 0.3 is 5.97 Å². The van der Waals surface area contributed by atoms with Gasteiger partial charge in [0, 0.05) is 6.04 Å². The monoisotopic (exact) mass is 403 g/mol. The number of carbonyl (C=O) groups is 2. The van der Waals surface area contributed by atoms with E-state index < -0.39 is 50.0 Å². The largest absolute Gasteiger partial charge is 0.456 e. The average molecular weight is 403 g/mol. The van der Waals surface area contributed by atoms with Crippen LogP contribution in [0.3, 0.4) is 0 Å². The van der Waals surface area contributed by atoms with Gasteiger partial charge < -0.3 is 10.1 Å². The van der Waals surface area contributed by atoms with Gasteiger partial charge in [-0.2, -0.15) is 0 Å². The molecule has 1 heterocycles. The Morgan fingerprint density at radius 3 is 2.46 bits per heavy atom. The van der Waals surface area contributed by atoms with E-state index in [1.54, 1.807) is 12.1 Å². The van der Waals surface area contributed by atoms with Gasteiger partial charge in [0.25, 0.3) is 5.91 Å². The fourth-order valence-electron chi connectivity index (χ4n) is 2.48. The Labute approximate surface area is 152 Å². The van der Waals surface area contributed by atoms with Crippen LogP contribution >= 0.6 is 0 Å². The van der Waals surface area contributed by atoms with Crippen molar-refractivity contribution < 1.29 is 31.2 Å². The SMILES string of the molecule is Cc1ccc(S(=O)(=O)CCC(=O)OCC(=O)N[C@@H]2CCS(=O)(=O)C2)cc1. The van der Waals surface area contributed by atoms with Crippen molar-refractivity contribution in [2.75, 3.05) is 23.9 Å². The van der Waals surface area contributed by atoms with Crippen LogP contribution in [-0.2, 0) is 34.0 Å². The van der Waals surface area contributed by atoms with E-state index in [1.807, 2.05) is 6.92 Å². The lowest BCUT2D eigenvalue weighted by Crippen LogP contribution is -2.38. The van der Waals surface area contributed by atoms with Crippen molar-refractivity contribution in [3.05, 3.63) is 29.8 Å². The first kappa shape index (κ1) is 20.4. The lowest BCUT2D eigenvalue weighted by Gasteiger charge is -2.11. The summed E-state index contributed by atoms with van der Waals surface area (Å²) in [4.78, 5) is 23.4. The van der Waals surface area contributed by atoms with Crippen LogP contribution in [0.2, 0.25) is 0 Å². The molecule has 1 N–H and O–H groups in total. The molecule has 1 atom stereocenters. The summed E-state index contributed by atoms with van der Waals surface area (Å²) >= 11 is 0. The standard InChI is InChI=1S/C16H21NO7S2/c1-12-2-4-14(5-3-12)26(22,23)9-7-16(19)24-10-15(18)17-13-6-8-25(20,21)11-13/h2-5,13H,6-11H2,1H3,(H,17,18)/t13-/m1/s1. The minimum atomic E-state index is -3.61. The predicted octanol–water partition coefficient (Wildman–Crippen LogP) is 0.00532. The van der Waals surface area contributed by atoms with Gasteiger partial charge in [-0.25, -0.2) is 16.8 Å². The van der Waals surface area contributed by atoms with Crippen molar-refractivity contribution in [1.29, 1.82) is 0 Å². The van der Waals surface area contributed by atoms with E-state index in [0.717, 1.165) is 5.56 Å². The maximum absolute atomic E-state index is 12.1. The van der Waals surface area contributed by atoms with Gasteiger partial charge in [0.05, 0.1) is 28.6 Å².